The SMILES string of the molecule is C=CCNCCOc1c(F)cc(F)cc1Br. The van der Waals surface area contributed by atoms with Crippen LogP contribution in [-0.2, 0) is 0 Å². The van der Waals surface area contributed by atoms with Crippen molar-refractivity contribution in [2.45, 2.75) is 0 Å². The van der Waals surface area contributed by atoms with Gasteiger partial charge in [0.25, 0.3) is 0 Å². The summed E-state index contributed by atoms with van der Waals surface area (Å²) in [6, 6.07) is 1.95. The fourth-order valence-electron chi connectivity index (χ4n) is 1.10. The van der Waals surface area contributed by atoms with Crippen LogP contribution < -0.4 is 10.1 Å². The Kier molecular flexibility index (Phi) is 5.42. The molecule has 1 aromatic rings. The van der Waals surface area contributed by atoms with Gasteiger partial charge in [0.1, 0.15) is 12.4 Å². The fraction of sp³-hybridized carbons (Fsp3) is 0.273. The molecule has 0 fully saturated rings. The van der Waals surface area contributed by atoms with Gasteiger partial charge in [0.05, 0.1) is 4.47 Å². The summed E-state index contributed by atoms with van der Waals surface area (Å²) in [5, 5.41) is 3.00. The molecular formula is C11H12BrF2NO. The summed E-state index contributed by atoms with van der Waals surface area (Å²) in [4.78, 5) is 0. The van der Waals surface area contributed by atoms with E-state index < -0.39 is 11.6 Å². The van der Waals surface area contributed by atoms with Crippen molar-refractivity contribution in [3.63, 3.8) is 0 Å². The maximum Gasteiger partial charge on any atom is 0.169 e. The van der Waals surface area contributed by atoms with E-state index in [9.17, 15) is 8.78 Å². The molecule has 0 spiro atoms. The van der Waals surface area contributed by atoms with E-state index in [1.54, 1.807) is 6.08 Å². The monoisotopic (exact) mass is 291 g/mol. The largest absolute Gasteiger partial charge is 0.488 e. The molecule has 0 unspecified atom stereocenters. The lowest BCUT2D eigenvalue weighted by molar-refractivity contribution is 0.297. The second-order valence-corrected chi connectivity index (χ2v) is 3.89. The minimum absolute atomic E-state index is 0.0294. The molecule has 0 saturated heterocycles. The van der Waals surface area contributed by atoms with Gasteiger partial charge in [0.2, 0.25) is 0 Å². The van der Waals surface area contributed by atoms with Crippen molar-refractivity contribution in [1.29, 1.82) is 0 Å². The lowest BCUT2D eigenvalue weighted by atomic mass is 10.3. The van der Waals surface area contributed by atoms with Gasteiger partial charge in [-0.05, 0) is 22.0 Å². The summed E-state index contributed by atoms with van der Waals surface area (Å²) in [6.45, 7) is 5.07. The molecule has 1 rings (SSSR count). The number of nitrogens with one attached hydrogen (secondary N) is 1. The molecule has 0 bridgehead atoms. The minimum atomic E-state index is -0.712. The van der Waals surface area contributed by atoms with Crippen LogP contribution in [0.4, 0.5) is 8.78 Å². The highest BCUT2D eigenvalue weighted by atomic mass is 79.9. The number of halogens is 3. The molecule has 0 saturated carbocycles. The van der Waals surface area contributed by atoms with Crippen LogP contribution in [0.1, 0.15) is 0 Å². The molecule has 16 heavy (non-hydrogen) atoms. The van der Waals surface area contributed by atoms with Crippen LogP contribution in [0.3, 0.4) is 0 Å². The third-order valence-electron chi connectivity index (χ3n) is 1.78. The van der Waals surface area contributed by atoms with E-state index in [1.165, 1.54) is 0 Å². The van der Waals surface area contributed by atoms with E-state index in [1.807, 2.05) is 0 Å². The summed E-state index contributed by atoms with van der Waals surface area (Å²) in [6.07, 6.45) is 1.72. The zero-order chi connectivity index (χ0) is 12.0. The van der Waals surface area contributed by atoms with Crippen LogP contribution in [0.2, 0.25) is 0 Å². The standard InChI is InChI=1S/C11H12BrF2NO/c1-2-3-15-4-5-16-11-9(12)6-8(13)7-10(11)14/h2,6-7,15H,1,3-5H2. The van der Waals surface area contributed by atoms with E-state index >= 15 is 0 Å². The second kappa shape index (κ2) is 6.60. The molecule has 1 N–H and O–H groups in total. The Hall–Kier alpha value is -0.940. The minimum Gasteiger partial charge on any atom is -0.488 e. The first-order chi connectivity index (χ1) is 7.65. The van der Waals surface area contributed by atoms with Crippen LogP contribution in [0.5, 0.6) is 5.75 Å². The van der Waals surface area contributed by atoms with Gasteiger partial charge in [0, 0.05) is 19.2 Å². The molecule has 0 heterocycles. The Morgan fingerprint density at radius 1 is 1.44 bits per heavy atom. The third kappa shape index (κ3) is 3.90. The average Bonchev–Trinajstić information content (AvgIpc) is 2.20. The fourth-order valence-corrected chi connectivity index (χ4v) is 1.62. The zero-order valence-corrected chi connectivity index (χ0v) is 10.2. The van der Waals surface area contributed by atoms with Crippen LogP contribution in [-0.4, -0.2) is 19.7 Å². The summed E-state index contributed by atoms with van der Waals surface area (Å²) < 4.78 is 31.5. The Bertz CT molecular complexity index is 348. The summed E-state index contributed by atoms with van der Waals surface area (Å²) in [5.74, 6) is -1.32. The highest BCUT2D eigenvalue weighted by molar-refractivity contribution is 9.10. The second-order valence-electron chi connectivity index (χ2n) is 3.04. The zero-order valence-electron chi connectivity index (χ0n) is 8.60. The maximum absolute atomic E-state index is 13.3. The van der Waals surface area contributed by atoms with E-state index in [0.717, 1.165) is 12.1 Å². The molecule has 1 aromatic carbocycles. The third-order valence-corrected chi connectivity index (χ3v) is 2.37. The molecule has 0 radical (unpaired) electrons. The van der Waals surface area contributed by atoms with Gasteiger partial charge in [0.15, 0.2) is 11.6 Å². The molecule has 0 aliphatic rings. The van der Waals surface area contributed by atoms with Crippen LogP contribution in [0.15, 0.2) is 29.3 Å². The van der Waals surface area contributed by atoms with Crippen molar-refractivity contribution >= 4 is 15.9 Å². The summed E-state index contributed by atoms with van der Waals surface area (Å²) in [7, 11) is 0. The quantitative estimate of drug-likeness (QED) is 0.643. The molecule has 0 atom stereocenters. The lowest BCUT2D eigenvalue weighted by Gasteiger charge is -2.09. The van der Waals surface area contributed by atoms with Crippen molar-refractivity contribution in [1.82, 2.24) is 5.32 Å². The number of hydrogen-bond acceptors (Lipinski definition) is 2. The maximum atomic E-state index is 13.3. The van der Waals surface area contributed by atoms with Crippen molar-refractivity contribution in [3.05, 3.63) is 40.9 Å². The topological polar surface area (TPSA) is 21.3 Å². The molecule has 2 nitrogen and oxygen atoms in total. The first-order valence-corrected chi connectivity index (χ1v) is 5.53. The van der Waals surface area contributed by atoms with E-state index in [-0.39, 0.29) is 10.2 Å². The molecule has 0 aliphatic heterocycles. The molecule has 0 amide bonds. The van der Waals surface area contributed by atoms with Gasteiger partial charge < -0.3 is 10.1 Å². The van der Waals surface area contributed by atoms with Gasteiger partial charge in [-0.1, -0.05) is 6.08 Å². The first-order valence-electron chi connectivity index (χ1n) is 4.74. The van der Waals surface area contributed by atoms with Gasteiger partial charge in [-0.3, -0.25) is 0 Å². The van der Waals surface area contributed by atoms with Gasteiger partial charge in [-0.15, -0.1) is 6.58 Å². The first kappa shape index (κ1) is 13.1. The highest BCUT2D eigenvalue weighted by Crippen LogP contribution is 2.28. The van der Waals surface area contributed by atoms with Gasteiger partial charge >= 0.3 is 0 Å². The molecule has 88 valence electrons. The van der Waals surface area contributed by atoms with Crippen molar-refractivity contribution in [2.75, 3.05) is 19.7 Å². The predicted molar refractivity (Wildman–Crippen MR) is 62.6 cm³/mol. The number of benzene rings is 1. The van der Waals surface area contributed by atoms with Gasteiger partial charge in [-0.2, -0.15) is 0 Å². The molecule has 0 aromatic heterocycles. The number of ether oxygens (including phenoxy) is 1. The average molecular weight is 292 g/mol. The van der Waals surface area contributed by atoms with E-state index in [2.05, 4.69) is 27.8 Å². The Balaban J connectivity index is 2.50. The highest BCUT2D eigenvalue weighted by Gasteiger charge is 2.10. The summed E-state index contributed by atoms with van der Waals surface area (Å²) in [5.41, 5.74) is 0. The summed E-state index contributed by atoms with van der Waals surface area (Å²) >= 11 is 3.04. The molecule has 0 aliphatic carbocycles. The number of rotatable bonds is 6. The smallest absolute Gasteiger partial charge is 0.169 e. The lowest BCUT2D eigenvalue weighted by Crippen LogP contribution is -2.21. The van der Waals surface area contributed by atoms with Gasteiger partial charge in [-0.25, -0.2) is 8.78 Å². The number of hydrogen-bond donors (Lipinski definition) is 1. The predicted octanol–water partition coefficient (Wildman–Crippen LogP) is 2.88. The molecular weight excluding hydrogens is 280 g/mol. The van der Waals surface area contributed by atoms with Crippen molar-refractivity contribution in [2.24, 2.45) is 0 Å². The van der Waals surface area contributed by atoms with Crippen LogP contribution in [0, 0.1) is 11.6 Å². The Morgan fingerprint density at radius 3 is 2.81 bits per heavy atom. The van der Waals surface area contributed by atoms with E-state index in [0.29, 0.717) is 19.7 Å². The Morgan fingerprint density at radius 2 is 2.19 bits per heavy atom. The van der Waals surface area contributed by atoms with Crippen LogP contribution in [0.25, 0.3) is 0 Å². The Labute approximate surface area is 101 Å². The van der Waals surface area contributed by atoms with Crippen molar-refractivity contribution < 1.29 is 13.5 Å². The normalized spacial score (nSPS) is 10.2. The molecule has 5 heteroatoms. The van der Waals surface area contributed by atoms with E-state index in [4.69, 9.17) is 4.74 Å². The van der Waals surface area contributed by atoms with Crippen molar-refractivity contribution in [3.8, 4) is 5.75 Å². The van der Waals surface area contributed by atoms with Crippen LogP contribution >= 0.6 is 15.9 Å².